The second-order valence-electron chi connectivity index (χ2n) is 7.73. The zero-order valence-corrected chi connectivity index (χ0v) is 21.7. The van der Waals surface area contributed by atoms with Crippen molar-refractivity contribution in [1.82, 2.24) is 0 Å². The summed E-state index contributed by atoms with van der Waals surface area (Å²) in [6.07, 6.45) is 0. The van der Waals surface area contributed by atoms with Crippen molar-refractivity contribution < 1.29 is 33.3 Å². The maximum absolute atomic E-state index is 13.9. The van der Waals surface area contributed by atoms with Gasteiger partial charge in [-0.3, -0.25) is 14.5 Å². The lowest BCUT2D eigenvalue weighted by Gasteiger charge is -2.26. The third-order valence-electron chi connectivity index (χ3n) is 5.77. The van der Waals surface area contributed by atoms with Crippen LogP contribution in [0.25, 0.3) is 5.76 Å². The van der Waals surface area contributed by atoms with E-state index in [4.69, 9.17) is 25.8 Å². The molecule has 1 aliphatic heterocycles. The fourth-order valence-corrected chi connectivity index (χ4v) is 4.76. The number of anilines is 1. The molecule has 0 radical (unpaired) electrons. The van der Waals surface area contributed by atoms with E-state index in [0.29, 0.717) is 27.3 Å². The summed E-state index contributed by atoms with van der Waals surface area (Å²) in [5, 5.41) is 11.1. The van der Waals surface area contributed by atoms with Crippen molar-refractivity contribution in [3.05, 3.63) is 86.6 Å². The largest absolute Gasteiger partial charge is 0.507 e. The third kappa shape index (κ3) is 4.40. The first-order valence-electron chi connectivity index (χ1n) is 10.5. The van der Waals surface area contributed by atoms with Gasteiger partial charge in [-0.15, -0.1) is 0 Å². The van der Waals surface area contributed by atoms with Crippen molar-refractivity contribution >= 4 is 50.7 Å². The second-order valence-corrected chi connectivity index (χ2v) is 8.99. The Kier molecular flexibility index (Phi) is 7.23. The summed E-state index contributed by atoms with van der Waals surface area (Å²) in [4.78, 5) is 27.8. The Bertz CT molecular complexity index is 1410. The van der Waals surface area contributed by atoms with Crippen LogP contribution in [0.1, 0.15) is 17.2 Å². The molecule has 1 atom stereocenters. The van der Waals surface area contributed by atoms with Crippen molar-refractivity contribution in [2.75, 3.05) is 26.2 Å². The number of carbonyl (C=O) groups excluding carboxylic acids is 2. The zero-order valence-electron chi connectivity index (χ0n) is 19.3. The average Bonchev–Trinajstić information content (AvgIpc) is 3.14. The highest BCUT2D eigenvalue weighted by Crippen LogP contribution is 2.45. The molecule has 0 aliphatic carbocycles. The molecule has 1 aliphatic rings. The summed E-state index contributed by atoms with van der Waals surface area (Å²) in [5.41, 5.74) is 0.743. The van der Waals surface area contributed by atoms with E-state index in [1.54, 1.807) is 36.4 Å². The van der Waals surface area contributed by atoms with E-state index < -0.39 is 29.3 Å². The normalized spacial score (nSPS) is 16.8. The Morgan fingerprint density at radius 3 is 2.22 bits per heavy atom. The van der Waals surface area contributed by atoms with E-state index >= 15 is 0 Å². The maximum Gasteiger partial charge on any atom is 0.300 e. The molecule has 186 valence electrons. The number of Topliss-reactive ketones (excluding diaryl/α,β-unsaturated/α-hetero) is 1. The summed E-state index contributed by atoms with van der Waals surface area (Å²) in [6, 6.07) is 12.2. The van der Waals surface area contributed by atoms with Gasteiger partial charge in [0.1, 0.15) is 17.3 Å². The smallest absolute Gasteiger partial charge is 0.300 e. The van der Waals surface area contributed by atoms with Crippen LogP contribution in [0.15, 0.2) is 64.6 Å². The highest BCUT2D eigenvalue weighted by molar-refractivity contribution is 9.10. The fraction of sp³-hybridized carbons (Fsp3) is 0.154. The van der Waals surface area contributed by atoms with Gasteiger partial charge >= 0.3 is 0 Å². The van der Waals surface area contributed by atoms with Crippen LogP contribution in [0.3, 0.4) is 0 Å². The standard InChI is InChI=1S/C26H20BrClFNO6/c1-34-19-8-5-14(10-16(19)27)24(31)22-23(13-4-9-20(35-2)21(11-13)36-3)30(26(33)25(22)32)15-6-7-18(29)17(28)12-15/h4-12,23,31H,1-3H3/b24-22+. The monoisotopic (exact) mass is 575 g/mol. The summed E-state index contributed by atoms with van der Waals surface area (Å²) in [7, 11) is 4.43. The Hall–Kier alpha value is -3.56. The minimum atomic E-state index is -1.08. The van der Waals surface area contributed by atoms with Gasteiger partial charge in [-0.1, -0.05) is 17.7 Å². The predicted molar refractivity (Wildman–Crippen MR) is 136 cm³/mol. The van der Waals surface area contributed by atoms with Gasteiger partial charge in [-0.05, 0) is 70.0 Å². The fourth-order valence-electron chi connectivity index (χ4n) is 4.04. The number of hydrogen-bond donors (Lipinski definition) is 1. The number of benzene rings is 3. The molecule has 10 heteroatoms. The molecule has 36 heavy (non-hydrogen) atoms. The molecule has 3 aromatic rings. The van der Waals surface area contributed by atoms with Gasteiger partial charge in [0.15, 0.2) is 11.5 Å². The van der Waals surface area contributed by atoms with Crippen LogP contribution in [0, 0.1) is 5.82 Å². The molecule has 4 rings (SSSR count). The Balaban J connectivity index is 1.98. The average molecular weight is 577 g/mol. The summed E-state index contributed by atoms with van der Waals surface area (Å²) in [6.45, 7) is 0. The van der Waals surface area contributed by atoms with Crippen LogP contribution in [-0.4, -0.2) is 38.1 Å². The highest BCUT2D eigenvalue weighted by atomic mass is 79.9. The molecule has 1 unspecified atom stereocenters. The number of rotatable bonds is 6. The van der Waals surface area contributed by atoms with Crippen LogP contribution < -0.4 is 19.1 Å². The third-order valence-corrected chi connectivity index (χ3v) is 6.68. The summed E-state index contributed by atoms with van der Waals surface area (Å²) >= 11 is 9.35. The van der Waals surface area contributed by atoms with Gasteiger partial charge in [0.2, 0.25) is 0 Å². The van der Waals surface area contributed by atoms with Crippen molar-refractivity contribution in [1.29, 1.82) is 0 Å². The lowest BCUT2D eigenvalue weighted by molar-refractivity contribution is -0.132. The number of amides is 1. The first kappa shape index (κ1) is 25.5. The van der Waals surface area contributed by atoms with Crippen molar-refractivity contribution in [3.8, 4) is 17.2 Å². The number of aliphatic hydroxyl groups is 1. The number of ketones is 1. The van der Waals surface area contributed by atoms with Gasteiger partial charge in [0, 0.05) is 11.3 Å². The number of nitrogens with zero attached hydrogens (tertiary/aromatic N) is 1. The number of hydrogen-bond acceptors (Lipinski definition) is 6. The second kappa shape index (κ2) is 10.2. The lowest BCUT2D eigenvalue weighted by Crippen LogP contribution is -2.29. The topological polar surface area (TPSA) is 85.3 Å². The molecule has 7 nitrogen and oxygen atoms in total. The van der Waals surface area contributed by atoms with Gasteiger partial charge in [-0.2, -0.15) is 0 Å². The molecule has 1 N–H and O–H groups in total. The maximum atomic E-state index is 13.9. The Morgan fingerprint density at radius 2 is 1.61 bits per heavy atom. The first-order valence-corrected chi connectivity index (χ1v) is 11.7. The molecule has 1 amide bonds. The minimum absolute atomic E-state index is 0.162. The van der Waals surface area contributed by atoms with Gasteiger partial charge < -0.3 is 19.3 Å². The molecular formula is C26H20BrClFNO6. The molecule has 0 spiro atoms. The van der Waals surface area contributed by atoms with E-state index in [0.717, 1.165) is 6.07 Å². The van der Waals surface area contributed by atoms with Crippen LogP contribution in [0.5, 0.6) is 17.2 Å². The van der Waals surface area contributed by atoms with Gasteiger partial charge in [0.05, 0.1) is 42.4 Å². The molecule has 1 saturated heterocycles. The van der Waals surface area contributed by atoms with Crippen LogP contribution in [0.4, 0.5) is 10.1 Å². The van der Waals surface area contributed by atoms with Gasteiger partial charge in [-0.25, -0.2) is 4.39 Å². The number of methoxy groups -OCH3 is 3. The molecule has 1 heterocycles. The molecule has 0 aromatic heterocycles. The minimum Gasteiger partial charge on any atom is -0.507 e. The van der Waals surface area contributed by atoms with Crippen molar-refractivity contribution in [2.24, 2.45) is 0 Å². The molecule has 0 saturated carbocycles. The molecular weight excluding hydrogens is 557 g/mol. The quantitative estimate of drug-likeness (QED) is 0.224. The van der Waals surface area contributed by atoms with E-state index in [1.165, 1.54) is 38.4 Å². The van der Waals surface area contributed by atoms with Gasteiger partial charge in [0.25, 0.3) is 11.7 Å². The summed E-state index contributed by atoms with van der Waals surface area (Å²) < 4.78 is 30.4. The Morgan fingerprint density at radius 1 is 0.944 bits per heavy atom. The number of aliphatic hydroxyl groups excluding tert-OH is 1. The van der Waals surface area contributed by atoms with Crippen LogP contribution >= 0.6 is 27.5 Å². The van der Waals surface area contributed by atoms with E-state index in [9.17, 15) is 19.1 Å². The SMILES string of the molecule is COc1ccc(/C(O)=C2\C(=O)C(=O)N(c3ccc(F)c(Cl)c3)C2c2ccc(OC)c(OC)c2)cc1Br. The molecule has 0 bridgehead atoms. The summed E-state index contributed by atoms with van der Waals surface area (Å²) in [5.74, 6) is -1.60. The molecule has 3 aromatic carbocycles. The zero-order chi connectivity index (χ0) is 26.1. The molecule has 1 fully saturated rings. The number of ether oxygens (including phenoxy) is 3. The predicted octanol–water partition coefficient (Wildman–Crippen LogP) is 5.89. The first-order chi connectivity index (χ1) is 17.2. The number of halogens is 3. The van der Waals surface area contributed by atoms with E-state index in [-0.39, 0.29) is 21.8 Å². The highest BCUT2D eigenvalue weighted by Gasteiger charge is 2.47. The van der Waals surface area contributed by atoms with Crippen LogP contribution in [0.2, 0.25) is 5.02 Å². The lowest BCUT2D eigenvalue weighted by atomic mass is 9.94. The van der Waals surface area contributed by atoms with Crippen molar-refractivity contribution in [2.45, 2.75) is 6.04 Å². The van der Waals surface area contributed by atoms with E-state index in [2.05, 4.69) is 15.9 Å². The Labute approximate surface area is 219 Å². The van der Waals surface area contributed by atoms with Crippen molar-refractivity contribution in [3.63, 3.8) is 0 Å². The van der Waals surface area contributed by atoms with Crippen LogP contribution in [-0.2, 0) is 9.59 Å². The number of carbonyl (C=O) groups is 2. The van der Waals surface area contributed by atoms with E-state index in [1.807, 2.05) is 0 Å².